The fraction of sp³-hybridized carbons (Fsp3) is 0.206. The van der Waals surface area contributed by atoms with Crippen molar-refractivity contribution in [2.75, 3.05) is 0 Å². The number of carbonyl (C=O) groups is 2. The number of amides is 2. The Morgan fingerprint density at radius 1 is 0.837 bits per heavy atom. The van der Waals surface area contributed by atoms with Crippen LogP contribution in [-0.4, -0.2) is 33.8 Å². The van der Waals surface area contributed by atoms with Crippen molar-refractivity contribution in [3.05, 3.63) is 122 Å². The lowest BCUT2D eigenvalue weighted by atomic mass is 9.89. The lowest BCUT2D eigenvalue weighted by Crippen LogP contribution is -2.45. The van der Waals surface area contributed by atoms with Crippen LogP contribution in [0.5, 0.6) is 0 Å². The molecule has 0 saturated heterocycles. The van der Waals surface area contributed by atoms with Crippen molar-refractivity contribution in [3.63, 3.8) is 0 Å². The predicted octanol–water partition coefficient (Wildman–Crippen LogP) is 9.31. The van der Waals surface area contributed by atoms with E-state index in [-0.39, 0.29) is 23.9 Å². The Morgan fingerprint density at radius 2 is 1.58 bits per heavy atom. The third-order valence-corrected chi connectivity index (χ3v) is 10.6. The molecule has 2 amide bonds. The van der Waals surface area contributed by atoms with Crippen LogP contribution in [-0.2, 0) is 6.54 Å². The van der Waals surface area contributed by atoms with Gasteiger partial charge in [-0.3, -0.25) is 14.6 Å². The maximum atomic E-state index is 14.3. The van der Waals surface area contributed by atoms with E-state index in [1.54, 1.807) is 18.5 Å². The molecule has 218 valence electrons. The largest absolute Gasteiger partial charge is 0.349 e. The fourth-order valence-electron chi connectivity index (χ4n) is 5.69. The van der Waals surface area contributed by atoms with Crippen LogP contribution in [0.2, 0.25) is 15.1 Å². The van der Waals surface area contributed by atoms with Crippen LogP contribution in [0.25, 0.3) is 21.2 Å². The molecule has 5 aromatic rings. The number of fused-ring (bicyclic) bond motifs is 1. The first-order valence-corrected chi connectivity index (χ1v) is 16.1. The second-order valence-electron chi connectivity index (χ2n) is 10.7. The summed E-state index contributed by atoms with van der Waals surface area (Å²) in [5, 5.41) is 5.11. The van der Waals surface area contributed by atoms with Gasteiger partial charge in [0.15, 0.2) is 0 Å². The summed E-state index contributed by atoms with van der Waals surface area (Å²) >= 11 is 20.9. The second kappa shape index (κ2) is 13.1. The zero-order chi connectivity index (χ0) is 29.9. The molecule has 1 fully saturated rings. The highest BCUT2D eigenvalue weighted by Crippen LogP contribution is 2.43. The first-order valence-electron chi connectivity index (χ1n) is 14.1. The Balaban J connectivity index is 1.27. The summed E-state index contributed by atoms with van der Waals surface area (Å²) < 4.78 is 0.703. The minimum atomic E-state index is -0.135. The highest BCUT2D eigenvalue weighted by atomic mass is 35.5. The Hall–Kier alpha value is -3.42. The van der Waals surface area contributed by atoms with Crippen LogP contribution in [0.3, 0.4) is 0 Å². The topological polar surface area (TPSA) is 62.3 Å². The van der Waals surface area contributed by atoms with Crippen molar-refractivity contribution < 1.29 is 9.59 Å². The zero-order valence-electron chi connectivity index (χ0n) is 23.1. The van der Waals surface area contributed by atoms with Gasteiger partial charge in [-0.25, -0.2) is 0 Å². The third-order valence-electron chi connectivity index (χ3n) is 7.95. The van der Waals surface area contributed by atoms with Gasteiger partial charge < -0.3 is 10.2 Å². The van der Waals surface area contributed by atoms with Gasteiger partial charge in [-0.2, -0.15) is 0 Å². The Bertz CT molecular complexity index is 1770. The quantitative estimate of drug-likeness (QED) is 0.191. The molecule has 1 N–H and O–H groups in total. The summed E-state index contributed by atoms with van der Waals surface area (Å²) in [5.74, 6) is -0.206. The number of nitrogens with one attached hydrogen (secondary N) is 1. The van der Waals surface area contributed by atoms with E-state index in [0.717, 1.165) is 47.8 Å². The first kappa shape index (κ1) is 29.6. The van der Waals surface area contributed by atoms with Crippen molar-refractivity contribution in [3.8, 4) is 11.1 Å². The van der Waals surface area contributed by atoms with E-state index < -0.39 is 0 Å². The average molecular weight is 649 g/mol. The van der Waals surface area contributed by atoms with E-state index >= 15 is 0 Å². The minimum absolute atomic E-state index is 0.0257. The molecule has 3 aromatic carbocycles. The molecule has 2 aromatic heterocycles. The summed E-state index contributed by atoms with van der Waals surface area (Å²) in [6.07, 6.45) is 6.59. The van der Waals surface area contributed by atoms with Gasteiger partial charge >= 0.3 is 0 Å². The van der Waals surface area contributed by atoms with Gasteiger partial charge in [0.25, 0.3) is 11.8 Å². The van der Waals surface area contributed by atoms with Gasteiger partial charge in [-0.05, 0) is 78.8 Å². The Labute approximate surface area is 269 Å². The number of hydrogen-bond donors (Lipinski definition) is 1. The van der Waals surface area contributed by atoms with Crippen LogP contribution in [0.4, 0.5) is 0 Å². The van der Waals surface area contributed by atoms with Crippen LogP contribution < -0.4 is 5.32 Å². The Morgan fingerprint density at radius 3 is 2.33 bits per heavy atom. The molecule has 2 heterocycles. The number of benzene rings is 3. The molecule has 1 saturated carbocycles. The number of carbonyl (C=O) groups excluding carboxylic acids is 2. The van der Waals surface area contributed by atoms with E-state index in [4.69, 9.17) is 34.8 Å². The Kier molecular flexibility index (Phi) is 9.01. The highest BCUT2D eigenvalue weighted by molar-refractivity contribution is 7.22. The smallest absolute Gasteiger partial charge is 0.266 e. The highest BCUT2D eigenvalue weighted by Gasteiger charge is 2.33. The molecule has 0 spiro atoms. The number of nitrogens with zero attached hydrogens (tertiary/aromatic N) is 2. The molecule has 0 atom stereocenters. The molecule has 5 nitrogen and oxygen atoms in total. The van der Waals surface area contributed by atoms with Gasteiger partial charge in [0, 0.05) is 42.0 Å². The van der Waals surface area contributed by atoms with Crippen LogP contribution in [0, 0.1) is 0 Å². The summed E-state index contributed by atoms with van der Waals surface area (Å²) in [4.78, 5) is 33.6. The number of thiophene rings is 1. The minimum Gasteiger partial charge on any atom is -0.349 e. The summed E-state index contributed by atoms with van der Waals surface area (Å²) in [6, 6.07) is 24.9. The molecule has 1 aliphatic carbocycles. The summed E-state index contributed by atoms with van der Waals surface area (Å²) in [5.41, 5.74) is 3.78. The van der Waals surface area contributed by atoms with Gasteiger partial charge in [0.1, 0.15) is 4.88 Å². The van der Waals surface area contributed by atoms with E-state index in [9.17, 15) is 9.59 Å². The fourth-order valence-corrected chi connectivity index (χ4v) is 7.68. The van der Waals surface area contributed by atoms with Crippen molar-refractivity contribution in [2.24, 2.45) is 0 Å². The molecule has 9 heteroatoms. The molecule has 1 aliphatic rings. The summed E-state index contributed by atoms with van der Waals surface area (Å²) in [7, 11) is 0. The van der Waals surface area contributed by atoms with Crippen molar-refractivity contribution >= 4 is 68.0 Å². The number of pyridine rings is 1. The lowest BCUT2D eigenvalue weighted by molar-refractivity contribution is 0.0597. The SMILES string of the molecule is O=C(NC1CCC(N(Cc2cccc(-c3ccncc3)c2)C(=O)c2sc3c(Cl)c(Cl)ccc3c2Cl)CC1)c1ccccc1. The normalized spacial score (nSPS) is 16.6. The average Bonchev–Trinajstić information content (AvgIpc) is 3.39. The second-order valence-corrected chi connectivity index (χ2v) is 12.9. The number of halogens is 3. The summed E-state index contributed by atoms with van der Waals surface area (Å²) in [6.45, 7) is 0.419. The van der Waals surface area contributed by atoms with E-state index in [1.165, 1.54) is 11.3 Å². The van der Waals surface area contributed by atoms with E-state index in [2.05, 4.69) is 22.4 Å². The van der Waals surface area contributed by atoms with Gasteiger partial charge in [-0.1, -0.05) is 77.3 Å². The monoisotopic (exact) mass is 647 g/mol. The van der Waals surface area contributed by atoms with Gasteiger partial charge in [0.05, 0.1) is 19.8 Å². The maximum Gasteiger partial charge on any atom is 0.266 e. The van der Waals surface area contributed by atoms with Gasteiger partial charge in [-0.15, -0.1) is 11.3 Å². The molecular formula is C34H28Cl3N3O2S. The van der Waals surface area contributed by atoms with E-state index in [1.807, 2.05) is 65.6 Å². The molecule has 0 aliphatic heterocycles. The van der Waals surface area contributed by atoms with E-state index in [0.29, 0.717) is 36.8 Å². The molecule has 0 radical (unpaired) electrons. The predicted molar refractivity (Wildman–Crippen MR) is 176 cm³/mol. The molecule has 0 unspecified atom stereocenters. The molecular weight excluding hydrogens is 621 g/mol. The standard InChI is InChI=1S/C34H28Cl3N3O2S/c35-28-14-13-27-29(36)32(43-31(27)30(28)37)34(42)40(20-21-5-4-8-24(19-21)22-15-17-38-18-16-22)26-11-9-25(10-12-26)39-33(41)23-6-2-1-3-7-23/h1-8,13-19,25-26H,9-12,20H2,(H,39,41). The molecule has 43 heavy (non-hydrogen) atoms. The van der Waals surface area contributed by atoms with Gasteiger partial charge in [0.2, 0.25) is 0 Å². The molecule has 0 bridgehead atoms. The first-order chi connectivity index (χ1) is 20.9. The van der Waals surface area contributed by atoms with Crippen molar-refractivity contribution in [1.82, 2.24) is 15.2 Å². The van der Waals surface area contributed by atoms with Crippen LogP contribution in [0.15, 0.2) is 91.3 Å². The zero-order valence-corrected chi connectivity index (χ0v) is 26.2. The number of hydrogen-bond acceptors (Lipinski definition) is 4. The number of aromatic nitrogens is 1. The van der Waals surface area contributed by atoms with Crippen molar-refractivity contribution in [1.29, 1.82) is 0 Å². The maximum absolute atomic E-state index is 14.3. The van der Waals surface area contributed by atoms with Crippen LogP contribution in [0.1, 0.15) is 51.3 Å². The number of rotatable bonds is 7. The van der Waals surface area contributed by atoms with Crippen molar-refractivity contribution in [2.45, 2.75) is 44.3 Å². The van der Waals surface area contributed by atoms with Crippen LogP contribution >= 0.6 is 46.1 Å². The lowest BCUT2D eigenvalue weighted by Gasteiger charge is -2.37. The molecule has 6 rings (SSSR count). The third kappa shape index (κ3) is 6.43.